The lowest BCUT2D eigenvalue weighted by Crippen LogP contribution is -2.47. The first kappa shape index (κ1) is 16.3. The Kier molecular flexibility index (Phi) is 4.55. The molecule has 4 rings (SSSR count). The Hall–Kier alpha value is -2.18. The fourth-order valence-electron chi connectivity index (χ4n) is 3.32. The smallest absolute Gasteiger partial charge is 0.150 e. The van der Waals surface area contributed by atoms with Gasteiger partial charge in [-0.1, -0.05) is 12.1 Å². The molecule has 1 aromatic carbocycles. The van der Waals surface area contributed by atoms with Crippen molar-refractivity contribution in [3.05, 3.63) is 47.8 Å². The van der Waals surface area contributed by atoms with Crippen LogP contribution in [0.15, 0.2) is 36.4 Å². The molecule has 0 atom stereocenters. The number of pyridine rings is 1. The lowest BCUT2D eigenvalue weighted by molar-refractivity contribution is 0.260. The van der Waals surface area contributed by atoms with E-state index in [0.29, 0.717) is 0 Å². The van der Waals surface area contributed by atoms with Crippen LogP contribution in [0.1, 0.15) is 11.4 Å². The second kappa shape index (κ2) is 6.98. The quantitative estimate of drug-likeness (QED) is 0.781. The molecule has 3 heterocycles. The van der Waals surface area contributed by atoms with Crippen LogP contribution in [0.3, 0.4) is 0 Å². The molecule has 0 saturated carbocycles. The van der Waals surface area contributed by atoms with Gasteiger partial charge in [0.05, 0.1) is 16.1 Å². The molecule has 0 radical (unpaired) electrons. The van der Waals surface area contributed by atoms with E-state index in [2.05, 4.69) is 43.4 Å². The van der Waals surface area contributed by atoms with Crippen molar-refractivity contribution in [2.75, 3.05) is 43.4 Å². The topological polar surface area (TPSA) is 58.3 Å². The zero-order valence-corrected chi connectivity index (χ0v) is 15.3. The van der Waals surface area contributed by atoms with Gasteiger partial charge in [-0.25, -0.2) is 0 Å². The molecule has 0 aliphatic carbocycles. The summed E-state index contributed by atoms with van der Waals surface area (Å²) in [5.41, 5.74) is 8.67. The number of nitrogen functional groups attached to an aromatic ring is 1. The standard InChI is InChI=1S/C19H23N5S/c1-14-17(20)7-6-15(21-14)8-9-23-10-12-24(13-11-23)19-16-4-2-3-5-18(16)25-22-19/h2-7H,8-13,20H2,1H3. The van der Waals surface area contributed by atoms with Gasteiger partial charge in [0.15, 0.2) is 0 Å². The predicted molar refractivity (Wildman–Crippen MR) is 105 cm³/mol. The van der Waals surface area contributed by atoms with E-state index in [9.17, 15) is 0 Å². The molecule has 2 N–H and O–H groups in total. The van der Waals surface area contributed by atoms with Gasteiger partial charge in [0.2, 0.25) is 0 Å². The van der Waals surface area contributed by atoms with E-state index in [0.717, 1.165) is 62.0 Å². The zero-order chi connectivity index (χ0) is 17.2. The van der Waals surface area contributed by atoms with E-state index in [4.69, 9.17) is 5.73 Å². The molecule has 5 nitrogen and oxygen atoms in total. The summed E-state index contributed by atoms with van der Waals surface area (Å²) in [5.74, 6) is 1.15. The first-order valence-corrected chi connectivity index (χ1v) is 9.52. The highest BCUT2D eigenvalue weighted by Crippen LogP contribution is 2.29. The number of benzene rings is 1. The average Bonchev–Trinajstić information content (AvgIpc) is 3.07. The summed E-state index contributed by atoms with van der Waals surface area (Å²) < 4.78 is 5.95. The minimum atomic E-state index is 0.771. The van der Waals surface area contributed by atoms with Crippen molar-refractivity contribution in [2.24, 2.45) is 0 Å². The summed E-state index contributed by atoms with van der Waals surface area (Å²) in [5, 5.41) is 1.28. The number of anilines is 2. The number of hydrogen-bond donors (Lipinski definition) is 1. The molecule has 1 aliphatic rings. The predicted octanol–water partition coefficient (Wildman–Crippen LogP) is 2.95. The summed E-state index contributed by atoms with van der Waals surface area (Å²) in [6.07, 6.45) is 0.973. The number of aryl methyl sites for hydroxylation is 1. The van der Waals surface area contributed by atoms with Crippen LogP contribution in [-0.2, 0) is 6.42 Å². The summed E-state index contributed by atoms with van der Waals surface area (Å²) in [6, 6.07) is 12.5. The van der Waals surface area contributed by atoms with Crippen LogP contribution in [-0.4, -0.2) is 47.0 Å². The van der Waals surface area contributed by atoms with E-state index < -0.39 is 0 Å². The lowest BCUT2D eigenvalue weighted by atomic mass is 10.2. The fourth-order valence-corrected chi connectivity index (χ4v) is 4.12. The number of nitrogens with two attached hydrogens (primary N) is 1. The third kappa shape index (κ3) is 3.45. The minimum Gasteiger partial charge on any atom is -0.397 e. The highest BCUT2D eigenvalue weighted by atomic mass is 32.1. The number of aromatic nitrogens is 2. The van der Waals surface area contributed by atoms with Crippen molar-refractivity contribution in [2.45, 2.75) is 13.3 Å². The van der Waals surface area contributed by atoms with Gasteiger partial charge in [-0.3, -0.25) is 9.88 Å². The van der Waals surface area contributed by atoms with Crippen molar-refractivity contribution >= 4 is 33.1 Å². The van der Waals surface area contributed by atoms with Gasteiger partial charge >= 0.3 is 0 Å². The number of fused-ring (bicyclic) bond motifs is 1. The van der Waals surface area contributed by atoms with Gasteiger partial charge in [0, 0.05) is 50.2 Å². The Labute approximate surface area is 152 Å². The summed E-state index contributed by atoms with van der Waals surface area (Å²) in [6.45, 7) is 7.21. The molecule has 25 heavy (non-hydrogen) atoms. The Morgan fingerprint density at radius 1 is 1.08 bits per heavy atom. The summed E-state index contributed by atoms with van der Waals surface area (Å²) >= 11 is 1.59. The van der Waals surface area contributed by atoms with Crippen molar-refractivity contribution in [1.29, 1.82) is 0 Å². The van der Waals surface area contributed by atoms with E-state index in [1.54, 1.807) is 11.5 Å². The minimum absolute atomic E-state index is 0.771. The third-order valence-electron chi connectivity index (χ3n) is 4.90. The monoisotopic (exact) mass is 353 g/mol. The molecule has 1 aliphatic heterocycles. The van der Waals surface area contributed by atoms with Crippen LogP contribution in [0.25, 0.3) is 10.1 Å². The maximum atomic E-state index is 5.85. The molecule has 1 saturated heterocycles. The molecule has 1 fully saturated rings. The number of piperazine rings is 1. The van der Waals surface area contributed by atoms with E-state index in [1.807, 2.05) is 19.1 Å². The molecule has 130 valence electrons. The van der Waals surface area contributed by atoms with Gasteiger partial charge in [0.1, 0.15) is 5.82 Å². The maximum Gasteiger partial charge on any atom is 0.150 e. The van der Waals surface area contributed by atoms with Gasteiger partial charge in [0.25, 0.3) is 0 Å². The Balaban J connectivity index is 1.34. The van der Waals surface area contributed by atoms with Crippen LogP contribution >= 0.6 is 11.5 Å². The van der Waals surface area contributed by atoms with Crippen molar-refractivity contribution in [3.63, 3.8) is 0 Å². The third-order valence-corrected chi connectivity index (χ3v) is 5.72. The Morgan fingerprint density at radius 2 is 1.88 bits per heavy atom. The molecular formula is C19H23N5S. The molecule has 6 heteroatoms. The van der Waals surface area contributed by atoms with Gasteiger partial charge in [-0.15, -0.1) is 0 Å². The van der Waals surface area contributed by atoms with E-state index in [1.165, 1.54) is 10.1 Å². The van der Waals surface area contributed by atoms with Gasteiger partial charge in [-0.2, -0.15) is 4.37 Å². The molecule has 3 aromatic rings. The molecule has 0 unspecified atom stereocenters. The first-order chi connectivity index (χ1) is 12.2. The molecular weight excluding hydrogens is 330 g/mol. The highest BCUT2D eigenvalue weighted by molar-refractivity contribution is 7.13. The normalized spacial score (nSPS) is 15.8. The summed E-state index contributed by atoms with van der Waals surface area (Å²) in [4.78, 5) is 9.51. The fraction of sp³-hybridized carbons (Fsp3) is 0.368. The van der Waals surface area contributed by atoms with E-state index in [-0.39, 0.29) is 0 Å². The van der Waals surface area contributed by atoms with Gasteiger partial charge < -0.3 is 10.6 Å². The lowest BCUT2D eigenvalue weighted by Gasteiger charge is -2.35. The highest BCUT2D eigenvalue weighted by Gasteiger charge is 2.20. The van der Waals surface area contributed by atoms with Crippen LogP contribution in [0.4, 0.5) is 11.5 Å². The van der Waals surface area contributed by atoms with Gasteiger partial charge in [-0.05, 0) is 42.7 Å². The van der Waals surface area contributed by atoms with Crippen LogP contribution in [0, 0.1) is 6.92 Å². The SMILES string of the molecule is Cc1nc(CCN2CCN(c3nsc4ccccc34)CC2)ccc1N. The van der Waals surface area contributed by atoms with Crippen molar-refractivity contribution in [3.8, 4) is 0 Å². The summed E-state index contributed by atoms with van der Waals surface area (Å²) in [7, 11) is 0. The van der Waals surface area contributed by atoms with E-state index >= 15 is 0 Å². The number of nitrogens with zero attached hydrogens (tertiary/aromatic N) is 4. The van der Waals surface area contributed by atoms with Crippen molar-refractivity contribution in [1.82, 2.24) is 14.3 Å². The molecule has 0 spiro atoms. The van der Waals surface area contributed by atoms with Crippen LogP contribution in [0.2, 0.25) is 0 Å². The zero-order valence-electron chi connectivity index (χ0n) is 14.5. The molecule has 2 aromatic heterocycles. The second-order valence-electron chi connectivity index (χ2n) is 6.56. The maximum absolute atomic E-state index is 5.85. The largest absolute Gasteiger partial charge is 0.397 e. The first-order valence-electron chi connectivity index (χ1n) is 8.74. The van der Waals surface area contributed by atoms with Crippen LogP contribution in [0.5, 0.6) is 0 Å². The van der Waals surface area contributed by atoms with Crippen LogP contribution < -0.4 is 10.6 Å². The molecule has 0 amide bonds. The number of hydrogen-bond acceptors (Lipinski definition) is 6. The van der Waals surface area contributed by atoms with Crippen molar-refractivity contribution < 1.29 is 0 Å². The average molecular weight is 353 g/mol. The number of rotatable bonds is 4. The Bertz CT molecular complexity index is 867. The second-order valence-corrected chi connectivity index (χ2v) is 7.36. The molecule has 0 bridgehead atoms. The Morgan fingerprint density at radius 3 is 2.68 bits per heavy atom.